The van der Waals surface area contributed by atoms with E-state index in [0.29, 0.717) is 40.0 Å². The van der Waals surface area contributed by atoms with Gasteiger partial charge in [0.2, 0.25) is 11.6 Å². The third kappa shape index (κ3) is 3.03. The minimum Gasteiger partial charge on any atom is -0.493 e. The molecule has 2 heterocycles. The number of aromatic nitrogens is 1. The van der Waals surface area contributed by atoms with E-state index in [1.54, 1.807) is 30.3 Å². The molecule has 0 unspecified atom stereocenters. The average molecular weight is 357 g/mol. The fraction of sp³-hybridized carbons (Fsp3) is 0.263. The molecule has 7 nitrogen and oxygen atoms in total. The highest BCUT2D eigenvalue weighted by molar-refractivity contribution is 6.16. The van der Waals surface area contributed by atoms with Gasteiger partial charge in [0, 0.05) is 17.7 Å². The van der Waals surface area contributed by atoms with Crippen molar-refractivity contribution < 1.29 is 28.5 Å². The molecule has 0 saturated heterocycles. The Labute approximate surface area is 151 Å². The van der Waals surface area contributed by atoms with E-state index in [1.807, 2.05) is 0 Å². The van der Waals surface area contributed by atoms with Crippen LogP contribution in [0.1, 0.15) is 16.1 Å². The van der Waals surface area contributed by atoms with Gasteiger partial charge in [0.25, 0.3) is 0 Å². The van der Waals surface area contributed by atoms with Crippen molar-refractivity contribution in [2.45, 2.75) is 0 Å². The molecule has 0 amide bonds. The van der Waals surface area contributed by atoms with Crippen molar-refractivity contribution in [2.75, 3.05) is 35.0 Å². The molecule has 0 bridgehead atoms. The summed E-state index contributed by atoms with van der Waals surface area (Å²) in [6.45, 7) is 0.114. The lowest BCUT2D eigenvalue weighted by Gasteiger charge is -2.23. The Bertz CT molecular complexity index is 875. The standard InChI is InChI=1S/C19H19NO6/c1-22-14-9-13-16(19(25-4)18(14)24-3)17(21)11(10-26-13)8-12-6-5-7-15(20-12)23-2/h5-9H,10H2,1-4H3/b11-8+. The zero-order valence-electron chi connectivity index (χ0n) is 15.0. The summed E-state index contributed by atoms with van der Waals surface area (Å²) in [5, 5.41) is 0. The number of nitrogens with zero attached hydrogens (tertiary/aromatic N) is 1. The molecule has 0 N–H and O–H groups in total. The Morgan fingerprint density at radius 2 is 1.81 bits per heavy atom. The summed E-state index contributed by atoms with van der Waals surface area (Å²) in [6, 6.07) is 6.94. The molecule has 1 aromatic heterocycles. The predicted molar refractivity (Wildman–Crippen MR) is 94.7 cm³/mol. The smallest absolute Gasteiger partial charge is 0.213 e. The highest BCUT2D eigenvalue weighted by atomic mass is 16.5. The number of hydrogen-bond donors (Lipinski definition) is 0. The maximum absolute atomic E-state index is 13.0. The zero-order chi connectivity index (χ0) is 18.7. The van der Waals surface area contributed by atoms with Crippen LogP contribution in [0, 0.1) is 0 Å². The van der Waals surface area contributed by atoms with Crippen LogP contribution in [-0.2, 0) is 0 Å². The molecule has 0 atom stereocenters. The normalized spacial score (nSPS) is 14.5. The van der Waals surface area contributed by atoms with Crippen LogP contribution in [0.3, 0.4) is 0 Å². The quantitative estimate of drug-likeness (QED) is 0.762. The van der Waals surface area contributed by atoms with Gasteiger partial charge < -0.3 is 23.7 Å². The number of hydrogen-bond acceptors (Lipinski definition) is 7. The highest BCUT2D eigenvalue weighted by Crippen LogP contribution is 2.47. The average Bonchev–Trinajstić information content (AvgIpc) is 2.68. The van der Waals surface area contributed by atoms with Crippen LogP contribution in [0.4, 0.5) is 0 Å². The first kappa shape index (κ1) is 17.6. The van der Waals surface area contributed by atoms with E-state index in [0.717, 1.165) is 0 Å². The first-order valence-electron chi connectivity index (χ1n) is 7.85. The van der Waals surface area contributed by atoms with Crippen LogP contribution >= 0.6 is 0 Å². The van der Waals surface area contributed by atoms with Crippen LogP contribution in [0.2, 0.25) is 0 Å². The predicted octanol–water partition coefficient (Wildman–Crippen LogP) is 2.77. The van der Waals surface area contributed by atoms with Crippen molar-refractivity contribution in [1.29, 1.82) is 0 Å². The minimum atomic E-state index is -0.214. The lowest BCUT2D eigenvalue weighted by atomic mass is 9.97. The molecule has 0 radical (unpaired) electrons. The van der Waals surface area contributed by atoms with Crippen molar-refractivity contribution >= 4 is 11.9 Å². The molecule has 3 rings (SSSR count). The van der Waals surface area contributed by atoms with Crippen LogP contribution in [0.15, 0.2) is 29.8 Å². The van der Waals surface area contributed by atoms with E-state index in [2.05, 4.69) is 4.98 Å². The molecule has 2 aromatic rings. The van der Waals surface area contributed by atoms with Gasteiger partial charge in [0.05, 0.1) is 34.1 Å². The Kier molecular flexibility index (Phi) is 4.97. The molecule has 1 aliphatic rings. The van der Waals surface area contributed by atoms with E-state index in [1.165, 1.54) is 28.4 Å². The van der Waals surface area contributed by atoms with Gasteiger partial charge in [0.15, 0.2) is 17.3 Å². The van der Waals surface area contributed by atoms with Crippen molar-refractivity contribution in [3.8, 4) is 28.9 Å². The second-order valence-electron chi connectivity index (χ2n) is 5.41. The first-order chi connectivity index (χ1) is 12.6. The van der Waals surface area contributed by atoms with E-state index < -0.39 is 0 Å². The fourth-order valence-electron chi connectivity index (χ4n) is 2.75. The monoisotopic (exact) mass is 357 g/mol. The minimum absolute atomic E-state index is 0.114. The van der Waals surface area contributed by atoms with Crippen LogP contribution in [0.5, 0.6) is 28.9 Å². The highest BCUT2D eigenvalue weighted by Gasteiger charge is 2.32. The molecule has 7 heteroatoms. The summed E-state index contributed by atoms with van der Waals surface area (Å²) in [5.74, 6) is 1.68. The first-order valence-corrected chi connectivity index (χ1v) is 7.85. The topological polar surface area (TPSA) is 76.1 Å². The summed E-state index contributed by atoms with van der Waals surface area (Å²) in [5.41, 5.74) is 1.34. The number of ketones is 1. The molecule has 1 aliphatic heterocycles. The van der Waals surface area contributed by atoms with Crippen LogP contribution in [0.25, 0.3) is 6.08 Å². The largest absolute Gasteiger partial charge is 0.493 e. The van der Waals surface area contributed by atoms with E-state index in [-0.39, 0.29) is 18.1 Å². The summed E-state index contributed by atoms with van der Waals surface area (Å²) in [4.78, 5) is 17.3. The molecule has 1 aromatic carbocycles. The number of fused-ring (bicyclic) bond motifs is 1. The molecule has 0 spiro atoms. The van der Waals surface area contributed by atoms with Crippen LogP contribution in [-0.4, -0.2) is 45.8 Å². The number of carbonyl (C=O) groups is 1. The number of rotatable bonds is 5. The Hall–Kier alpha value is -3.22. The van der Waals surface area contributed by atoms with E-state index >= 15 is 0 Å². The van der Waals surface area contributed by atoms with Crippen molar-refractivity contribution in [2.24, 2.45) is 0 Å². The third-order valence-corrected chi connectivity index (χ3v) is 3.97. The van der Waals surface area contributed by atoms with Gasteiger partial charge in [-0.05, 0) is 12.1 Å². The molecule has 0 saturated carbocycles. The van der Waals surface area contributed by atoms with Gasteiger partial charge in [0.1, 0.15) is 17.9 Å². The Balaban J connectivity index is 2.08. The summed E-state index contributed by atoms with van der Waals surface area (Å²) in [6.07, 6.45) is 1.67. The van der Waals surface area contributed by atoms with Crippen LogP contribution < -0.4 is 23.7 Å². The molecule has 26 heavy (non-hydrogen) atoms. The van der Waals surface area contributed by atoms with Gasteiger partial charge >= 0.3 is 0 Å². The maximum Gasteiger partial charge on any atom is 0.213 e. The van der Waals surface area contributed by atoms with Gasteiger partial charge in [-0.15, -0.1) is 0 Å². The Morgan fingerprint density at radius 3 is 2.46 bits per heavy atom. The SMILES string of the molecule is COc1cccc(/C=C2\COc3cc(OC)c(OC)c(OC)c3C2=O)n1. The molecule has 0 aliphatic carbocycles. The maximum atomic E-state index is 13.0. The number of carbonyl (C=O) groups excluding carboxylic acids is 1. The number of Topliss-reactive ketones (excluding diaryl/α,β-unsaturated/α-hetero) is 1. The lowest BCUT2D eigenvalue weighted by molar-refractivity contribution is 0.0996. The molecular formula is C19H19NO6. The van der Waals surface area contributed by atoms with Gasteiger partial charge in [-0.3, -0.25) is 4.79 Å². The number of benzene rings is 1. The summed E-state index contributed by atoms with van der Waals surface area (Å²) < 4.78 is 26.9. The van der Waals surface area contributed by atoms with E-state index in [9.17, 15) is 4.79 Å². The van der Waals surface area contributed by atoms with Gasteiger partial charge in [-0.1, -0.05) is 6.07 Å². The second kappa shape index (κ2) is 7.35. The molecule has 0 fully saturated rings. The van der Waals surface area contributed by atoms with Crippen molar-refractivity contribution in [1.82, 2.24) is 4.98 Å². The van der Waals surface area contributed by atoms with Gasteiger partial charge in [-0.25, -0.2) is 4.98 Å². The second-order valence-corrected chi connectivity index (χ2v) is 5.41. The van der Waals surface area contributed by atoms with Crippen molar-refractivity contribution in [3.05, 3.63) is 41.1 Å². The number of methoxy groups -OCH3 is 4. The summed E-state index contributed by atoms with van der Waals surface area (Å²) >= 11 is 0. The summed E-state index contributed by atoms with van der Waals surface area (Å²) in [7, 11) is 5.99. The third-order valence-electron chi connectivity index (χ3n) is 3.97. The molecular weight excluding hydrogens is 338 g/mol. The molecule has 136 valence electrons. The van der Waals surface area contributed by atoms with Gasteiger partial charge in [-0.2, -0.15) is 0 Å². The lowest BCUT2D eigenvalue weighted by Crippen LogP contribution is -2.20. The number of pyridine rings is 1. The van der Waals surface area contributed by atoms with E-state index in [4.69, 9.17) is 23.7 Å². The van der Waals surface area contributed by atoms with Crippen molar-refractivity contribution in [3.63, 3.8) is 0 Å². The Morgan fingerprint density at radius 1 is 1.04 bits per heavy atom. The number of ether oxygens (including phenoxy) is 5. The zero-order valence-corrected chi connectivity index (χ0v) is 15.0. The fourth-order valence-corrected chi connectivity index (χ4v) is 2.75.